The quantitative estimate of drug-likeness (QED) is 0.593. The van der Waals surface area contributed by atoms with Gasteiger partial charge in [0.05, 0.1) is 5.56 Å². The van der Waals surface area contributed by atoms with Crippen LogP contribution in [0.15, 0.2) is 77.8 Å². The number of nitrogens with two attached hydrogens (primary N) is 1. The average molecular weight is 451 g/mol. The van der Waals surface area contributed by atoms with Crippen LogP contribution in [0.25, 0.3) is 11.1 Å². The minimum Gasteiger partial charge on any atom is -0.482 e. The minimum absolute atomic E-state index is 0.0168. The zero-order chi connectivity index (χ0) is 23.4. The number of fused-ring (bicyclic) bond motifs is 2. The van der Waals surface area contributed by atoms with Gasteiger partial charge in [0.15, 0.2) is 11.5 Å². The Morgan fingerprint density at radius 1 is 1.00 bits per heavy atom. The SMILES string of the molecule is C[C@]1(c2ccccc2)CC2(N=C(N)NC2=O)c2cc(-c3ccc(C(F)(F)F)cc3)ccc2O1. The van der Waals surface area contributed by atoms with E-state index in [1.165, 1.54) is 12.1 Å². The Balaban J connectivity index is 1.63. The highest BCUT2D eigenvalue weighted by Gasteiger charge is 2.55. The van der Waals surface area contributed by atoms with Crippen molar-refractivity contribution in [3.63, 3.8) is 0 Å². The van der Waals surface area contributed by atoms with Crippen molar-refractivity contribution in [1.82, 2.24) is 5.32 Å². The van der Waals surface area contributed by atoms with Crippen LogP contribution < -0.4 is 15.8 Å². The summed E-state index contributed by atoms with van der Waals surface area (Å²) < 4.78 is 45.2. The Hall–Kier alpha value is -3.81. The fourth-order valence-electron chi connectivity index (χ4n) is 4.59. The lowest BCUT2D eigenvalue weighted by molar-refractivity contribution is -0.137. The summed E-state index contributed by atoms with van der Waals surface area (Å²) in [6, 6.07) is 19.6. The molecule has 0 aliphatic carbocycles. The monoisotopic (exact) mass is 451 g/mol. The van der Waals surface area contributed by atoms with E-state index in [2.05, 4.69) is 10.3 Å². The molecular formula is C25H20F3N3O2. The highest BCUT2D eigenvalue weighted by Crippen LogP contribution is 2.51. The third kappa shape index (κ3) is 3.42. The number of carbonyl (C=O) groups is 1. The van der Waals surface area contributed by atoms with Crippen molar-refractivity contribution in [3.05, 3.63) is 89.5 Å². The van der Waals surface area contributed by atoms with Crippen LogP contribution >= 0.6 is 0 Å². The van der Waals surface area contributed by atoms with E-state index in [1.807, 2.05) is 37.3 Å². The van der Waals surface area contributed by atoms with Gasteiger partial charge in [-0.05, 0) is 47.9 Å². The van der Waals surface area contributed by atoms with E-state index in [4.69, 9.17) is 10.5 Å². The minimum atomic E-state index is -4.41. The van der Waals surface area contributed by atoms with Gasteiger partial charge in [-0.25, -0.2) is 4.99 Å². The summed E-state index contributed by atoms with van der Waals surface area (Å²) in [5, 5.41) is 2.60. The molecule has 2 aliphatic rings. The molecule has 0 saturated carbocycles. The number of halogens is 3. The van der Waals surface area contributed by atoms with E-state index >= 15 is 0 Å². The van der Waals surface area contributed by atoms with Crippen molar-refractivity contribution in [2.75, 3.05) is 0 Å². The Bertz CT molecular complexity index is 1270. The van der Waals surface area contributed by atoms with Crippen molar-refractivity contribution in [2.45, 2.75) is 30.7 Å². The molecule has 5 nitrogen and oxygen atoms in total. The first kappa shape index (κ1) is 21.1. The zero-order valence-electron chi connectivity index (χ0n) is 17.6. The van der Waals surface area contributed by atoms with Crippen LogP contribution in [0.5, 0.6) is 5.75 Å². The number of hydrogen-bond donors (Lipinski definition) is 2. The van der Waals surface area contributed by atoms with Gasteiger partial charge in [-0.3, -0.25) is 10.1 Å². The predicted molar refractivity (Wildman–Crippen MR) is 117 cm³/mol. The van der Waals surface area contributed by atoms with Crippen molar-refractivity contribution in [1.29, 1.82) is 0 Å². The molecule has 1 amide bonds. The number of rotatable bonds is 2. The maximum Gasteiger partial charge on any atom is 0.416 e. The summed E-state index contributed by atoms with van der Waals surface area (Å²) in [7, 11) is 0. The molecule has 2 atom stereocenters. The Morgan fingerprint density at radius 3 is 2.27 bits per heavy atom. The van der Waals surface area contributed by atoms with Gasteiger partial charge in [0, 0.05) is 12.0 Å². The largest absolute Gasteiger partial charge is 0.482 e. The fourth-order valence-corrected chi connectivity index (χ4v) is 4.59. The molecular weight excluding hydrogens is 431 g/mol. The van der Waals surface area contributed by atoms with E-state index in [0.29, 0.717) is 22.4 Å². The maximum absolute atomic E-state index is 13.2. The molecule has 1 spiro atoms. The molecule has 2 aliphatic heterocycles. The van der Waals surface area contributed by atoms with E-state index in [9.17, 15) is 18.0 Å². The van der Waals surface area contributed by atoms with Gasteiger partial charge in [-0.1, -0.05) is 48.5 Å². The second kappa shape index (κ2) is 7.10. The topological polar surface area (TPSA) is 76.7 Å². The standard InChI is InChI=1S/C25H20F3N3O2/c1-23(17-5-3-2-4-6-17)14-24(21(32)30-22(29)31-24)19-13-16(9-12-20(19)33-23)15-7-10-18(11-8-15)25(26,27)28/h2-13H,14H2,1H3,(H3,29,30,31,32)/t23-,24?/m1/s1. The highest BCUT2D eigenvalue weighted by molar-refractivity contribution is 6.07. The Kier molecular flexibility index (Phi) is 4.53. The lowest BCUT2D eigenvalue weighted by atomic mass is 9.74. The summed E-state index contributed by atoms with van der Waals surface area (Å²) in [4.78, 5) is 17.7. The lowest BCUT2D eigenvalue weighted by Gasteiger charge is -2.43. The maximum atomic E-state index is 13.2. The molecule has 5 rings (SSSR count). The number of carbonyl (C=O) groups excluding carboxylic acids is 1. The predicted octanol–water partition coefficient (Wildman–Crippen LogP) is 4.71. The van der Waals surface area contributed by atoms with E-state index in [-0.39, 0.29) is 18.3 Å². The van der Waals surface area contributed by atoms with Crippen LogP contribution in [-0.4, -0.2) is 11.9 Å². The van der Waals surface area contributed by atoms with Gasteiger partial charge in [0.25, 0.3) is 5.91 Å². The smallest absolute Gasteiger partial charge is 0.416 e. The number of aliphatic imine (C=N–C) groups is 1. The van der Waals surface area contributed by atoms with Gasteiger partial charge >= 0.3 is 6.18 Å². The molecule has 0 radical (unpaired) electrons. The van der Waals surface area contributed by atoms with Crippen LogP contribution in [0.1, 0.15) is 30.0 Å². The first-order chi connectivity index (χ1) is 15.6. The molecule has 0 aromatic heterocycles. The van der Waals surface area contributed by atoms with Crippen LogP contribution in [0.3, 0.4) is 0 Å². The summed E-state index contributed by atoms with van der Waals surface area (Å²) in [6.45, 7) is 1.90. The number of nitrogens with one attached hydrogen (secondary N) is 1. The second-order valence-corrected chi connectivity index (χ2v) is 8.47. The van der Waals surface area contributed by atoms with Gasteiger partial charge in [0.1, 0.15) is 11.4 Å². The molecule has 1 unspecified atom stereocenters. The molecule has 3 aromatic carbocycles. The third-order valence-electron chi connectivity index (χ3n) is 6.21. The van der Waals surface area contributed by atoms with Gasteiger partial charge < -0.3 is 10.5 Å². The van der Waals surface area contributed by atoms with Gasteiger partial charge in [0.2, 0.25) is 0 Å². The molecule has 33 heavy (non-hydrogen) atoms. The van der Waals surface area contributed by atoms with Crippen molar-refractivity contribution >= 4 is 11.9 Å². The number of hydrogen-bond acceptors (Lipinski definition) is 4. The molecule has 3 aromatic rings. The van der Waals surface area contributed by atoms with Crippen molar-refractivity contribution < 1.29 is 22.7 Å². The zero-order valence-corrected chi connectivity index (χ0v) is 17.6. The molecule has 2 heterocycles. The summed E-state index contributed by atoms with van der Waals surface area (Å²) in [5.74, 6) is 0.122. The molecule has 168 valence electrons. The highest BCUT2D eigenvalue weighted by atomic mass is 19.4. The van der Waals surface area contributed by atoms with E-state index < -0.39 is 22.9 Å². The number of guanidine groups is 1. The van der Waals surface area contributed by atoms with Crippen LogP contribution in [0, 0.1) is 0 Å². The first-order valence-electron chi connectivity index (χ1n) is 10.3. The number of alkyl halides is 3. The second-order valence-electron chi connectivity index (χ2n) is 8.47. The molecule has 0 fully saturated rings. The van der Waals surface area contributed by atoms with Crippen molar-refractivity contribution in [3.8, 4) is 16.9 Å². The van der Waals surface area contributed by atoms with E-state index in [1.54, 1.807) is 18.2 Å². The van der Waals surface area contributed by atoms with E-state index in [0.717, 1.165) is 17.7 Å². The number of benzene rings is 3. The number of ether oxygens (including phenoxy) is 1. The molecule has 8 heteroatoms. The fraction of sp³-hybridized carbons (Fsp3) is 0.200. The Morgan fingerprint density at radius 2 is 1.67 bits per heavy atom. The third-order valence-corrected chi connectivity index (χ3v) is 6.21. The summed E-state index contributed by atoms with van der Waals surface area (Å²) in [5.41, 5.74) is 5.62. The van der Waals surface area contributed by atoms with Crippen LogP contribution in [-0.2, 0) is 22.1 Å². The van der Waals surface area contributed by atoms with Crippen molar-refractivity contribution in [2.24, 2.45) is 10.7 Å². The molecule has 3 N–H and O–H groups in total. The normalized spacial score (nSPS) is 24.1. The van der Waals surface area contributed by atoms with Gasteiger partial charge in [-0.2, -0.15) is 13.2 Å². The summed E-state index contributed by atoms with van der Waals surface area (Å²) >= 11 is 0. The van der Waals surface area contributed by atoms with Crippen LogP contribution in [0.2, 0.25) is 0 Å². The summed E-state index contributed by atoms with van der Waals surface area (Å²) in [6.07, 6.45) is -4.21. The Labute approximate surface area is 188 Å². The molecule has 0 saturated heterocycles. The number of amides is 1. The average Bonchev–Trinajstić information content (AvgIpc) is 3.06. The lowest BCUT2D eigenvalue weighted by Crippen LogP contribution is -2.48. The molecule has 0 bridgehead atoms. The first-order valence-corrected chi connectivity index (χ1v) is 10.3. The van der Waals surface area contributed by atoms with Crippen LogP contribution in [0.4, 0.5) is 13.2 Å². The van der Waals surface area contributed by atoms with Gasteiger partial charge in [-0.15, -0.1) is 0 Å². The number of nitrogens with zero attached hydrogens (tertiary/aromatic N) is 1.